The third kappa shape index (κ3) is 5.02. The molecule has 0 radical (unpaired) electrons. The largest absolute Gasteiger partial charge is 0.494 e. The zero-order valence-corrected chi connectivity index (χ0v) is 18.2. The van der Waals surface area contributed by atoms with E-state index in [-0.39, 0.29) is 34.0 Å². The van der Waals surface area contributed by atoms with Crippen molar-refractivity contribution >= 4 is 23.4 Å². The molecule has 0 saturated heterocycles. The van der Waals surface area contributed by atoms with Crippen LogP contribution in [0.2, 0.25) is 5.02 Å². The minimum absolute atomic E-state index is 0.0111. The number of ether oxygens (including phenoxy) is 2. The fourth-order valence-corrected chi connectivity index (χ4v) is 3.77. The van der Waals surface area contributed by atoms with Crippen molar-refractivity contribution in [3.8, 4) is 5.75 Å². The van der Waals surface area contributed by atoms with Gasteiger partial charge >= 0.3 is 6.18 Å². The fourth-order valence-electron chi connectivity index (χ4n) is 3.63. The molecule has 2 atom stereocenters. The molecule has 2 N–H and O–H groups in total. The summed E-state index contributed by atoms with van der Waals surface area (Å²) in [7, 11) is 1.32. The van der Waals surface area contributed by atoms with Crippen LogP contribution in [0.3, 0.4) is 0 Å². The summed E-state index contributed by atoms with van der Waals surface area (Å²) in [5.74, 6) is -1.37. The second-order valence-electron chi connectivity index (χ2n) is 7.55. The summed E-state index contributed by atoms with van der Waals surface area (Å²) >= 11 is 5.85. The van der Waals surface area contributed by atoms with Crippen molar-refractivity contribution in [1.82, 2.24) is 4.98 Å². The molecule has 178 valence electrons. The van der Waals surface area contributed by atoms with E-state index in [1.54, 1.807) is 0 Å². The van der Waals surface area contributed by atoms with Crippen molar-refractivity contribution in [2.75, 3.05) is 13.8 Å². The van der Waals surface area contributed by atoms with Crippen molar-refractivity contribution < 1.29 is 36.2 Å². The van der Waals surface area contributed by atoms with Crippen LogP contribution in [0.4, 0.5) is 22.0 Å². The van der Waals surface area contributed by atoms with E-state index in [0.717, 1.165) is 6.07 Å². The zero-order valence-electron chi connectivity index (χ0n) is 17.5. The van der Waals surface area contributed by atoms with Crippen LogP contribution in [0.1, 0.15) is 33.6 Å². The molecule has 1 aromatic carbocycles. The molecular formula is C21H19ClF5N3O3. The second-order valence-corrected chi connectivity index (χ2v) is 7.98. The average Bonchev–Trinajstić information content (AvgIpc) is 2.74. The predicted molar refractivity (Wildman–Crippen MR) is 110 cm³/mol. The maximum atomic E-state index is 15.0. The number of pyridine rings is 1. The number of amidine groups is 1. The maximum Gasteiger partial charge on any atom is 0.425 e. The Labute approximate surface area is 190 Å². The number of nitrogens with two attached hydrogens (primary N) is 1. The number of aryl methyl sites for hydroxylation is 1. The molecule has 12 heteroatoms. The number of hydrogen-bond donors (Lipinski definition) is 1. The summed E-state index contributed by atoms with van der Waals surface area (Å²) in [5, 5.41) is 0.238. The Morgan fingerprint density at radius 3 is 2.67 bits per heavy atom. The second kappa shape index (κ2) is 9.12. The molecule has 1 aliphatic rings. The lowest BCUT2D eigenvalue weighted by Gasteiger charge is -2.37. The number of aromatic nitrogens is 1. The molecule has 0 bridgehead atoms. The van der Waals surface area contributed by atoms with E-state index in [1.165, 1.54) is 32.4 Å². The van der Waals surface area contributed by atoms with Crippen LogP contribution in [0.15, 0.2) is 29.4 Å². The minimum atomic E-state index is -4.88. The van der Waals surface area contributed by atoms with E-state index in [0.29, 0.717) is 0 Å². The first-order chi connectivity index (χ1) is 15.4. The molecule has 0 amide bonds. The monoisotopic (exact) mass is 491 g/mol. The first-order valence-electron chi connectivity index (χ1n) is 9.57. The summed E-state index contributed by atoms with van der Waals surface area (Å²) in [6.07, 6.45) is -7.45. The third-order valence-corrected chi connectivity index (χ3v) is 5.39. The van der Waals surface area contributed by atoms with Gasteiger partial charge in [0, 0.05) is 30.7 Å². The highest BCUT2D eigenvalue weighted by Crippen LogP contribution is 2.42. The van der Waals surface area contributed by atoms with Crippen LogP contribution in [0.25, 0.3) is 0 Å². The van der Waals surface area contributed by atoms with E-state index in [9.17, 15) is 22.4 Å². The molecule has 0 aliphatic carbocycles. The van der Waals surface area contributed by atoms with Gasteiger partial charge in [0.2, 0.25) is 0 Å². The SMILES string of the molecule is COc1cc(Cl)cnc1C(=O)Cc1cc(C)c(F)c([C@]2(CF)C[C@@H](C(F)(F)F)OC(N)=N2)c1. The number of carbonyl (C=O) groups excluding carboxylic acids is 1. The molecule has 0 spiro atoms. The number of Topliss-reactive ketones (excluding diaryl/α,β-unsaturated/α-hetero) is 1. The molecule has 2 heterocycles. The minimum Gasteiger partial charge on any atom is -0.494 e. The van der Waals surface area contributed by atoms with E-state index < -0.39 is 54.1 Å². The summed E-state index contributed by atoms with van der Waals surface area (Å²) in [5.41, 5.74) is 2.82. The van der Waals surface area contributed by atoms with Gasteiger partial charge in [-0.05, 0) is 24.1 Å². The number of nitrogens with zero attached hydrogens (tertiary/aromatic N) is 2. The summed E-state index contributed by atoms with van der Waals surface area (Å²) < 4.78 is 78.8. The van der Waals surface area contributed by atoms with Crippen molar-refractivity contribution in [3.63, 3.8) is 0 Å². The van der Waals surface area contributed by atoms with E-state index in [1.807, 2.05) is 0 Å². The summed E-state index contributed by atoms with van der Waals surface area (Å²) in [6.45, 7) is -0.128. The van der Waals surface area contributed by atoms with Crippen LogP contribution in [-0.2, 0) is 16.7 Å². The standard InChI is InChI=1S/C21H19ClF5N3O3/c1-10-3-11(5-14(31)18-15(32-2)6-12(22)8-29-18)4-13(17(10)24)20(9-23)7-16(21(25,26)27)33-19(28)30-20/h3-4,6,8,16H,5,7,9H2,1-2H3,(H2,28,30)/t16-,20+/m0/s1. The Kier molecular flexibility index (Phi) is 6.83. The normalized spacial score (nSPS) is 20.7. The molecule has 33 heavy (non-hydrogen) atoms. The van der Waals surface area contributed by atoms with Crippen molar-refractivity contribution in [2.45, 2.75) is 37.6 Å². The molecule has 6 nitrogen and oxygen atoms in total. The van der Waals surface area contributed by atoms with E-state index in [2.05, 4.69) is 14.7 Å². The molecule has 0 saturated carbocycles. The van der Waals surface area contributed by atoms with Crippen LogP contribution in [0.5, 0.6) is 5.75 Å². The Morgan fingerprint density at radius 1 is 1.36 bits per heavy atom. The van der Waals surface area contributed by atoms with E-state index in [4.69, 9.17) is 22.1 Å². The van der Waals surface area contributed by atoms with Gasteiger partial charge in [-0.2, -0.15) is 13.2 Å². The van der Waals surface area contributed by atoms with Crippen molar-refractivity contribution in [3.05, 3.63) is 57.6 Å². The summed E-state index contributed by atoms with van der Waals surface area (Å²) in [4.78, 5) is 20.5. The number of benzene rings is 1. The Bertz CT molecular complexity index is 1110. The van der Waals surface area contributed by atoms with Crippen molar-refractivity contribution in [1.29, 1.82) is 0 Å². The molecule has 0 unspecified atom stereocenters. The predicted octanol–water partition coefficient (Wildman–Crippen LogP) is 4.45. The van der Waals surface area contributed by atoms with Gasteiger partial charge < -0.3 is 15.2 Å². The molecule has 3 rings (SSSR count). The Morgan fingerprint density at radius 2 is 2.06 bits per heavy atom. The molecular weight excluding hydrogens is 473 g/mol. The fraction of sp³-hybridized carbons (Fsp3) is 0.381. The van der Waals surface area contributed by atoms with Gasteiger partial charge in [-0.3, -0.25) is 4.79 Å². The van der Waals surface area contributed by atoms with Gasteiger partial charge in [-0.25, -0.2) is 18.8 Å². The molecule has 2 aromatic rings. The van der Waals surface area contributed by atoms with Crippen LogP contribution < -0.4 is 10.5 Å². The number of carbonyl (C=O) groups is 1. The number of halogens is 6. The Hall–Kier alpha value is -2.95. The van der Waals surface area contributed by atoms with Gasteiger partial charge in [0.25, 0.3) is 6.02 Å². The van der Waals surface area contributed by atoms with Gasteiger partial charge in [0.15, 0.2) is 11.9 Å². The lowest BCUT2D eigenvalue weighted by Crippen LogP contribution is -2.48. The topological polar surface area (TPSA) is 86.8 Å². The maximum absolute atomic E-state index is 15.0. The number of rotatable bonds is 6. The highest BCUT2D eigenvalue weighted by Gasteiger charge is 2.52. The first kappa shape index (κ1) is 24.7. The van der Waals surface area contributed by atoms with Gasteiger partial charge in [0.1, 0.15) is 29.5 Å². The number of alkyl halides is 4. The highest BCUT2D eigenvalue weighted by atomic mass is 35.5. The molecule has 0 fully saturated rings. The smallest absolute Gasteiger partial charge is 0.425 e. The summed E-state index contributed by atoms with van der Waals surface area (Å²) in [6, 6.07) is 2.92. The van der Waals surface area contributed by atoms with Gasteiger partial charge in [0.05, 0.1) is 12.1 Å². The van der Waals surface area contributed by atoms with Crippen LogP contribution in [-0.4, -0.2) is 42.9 Å². The number of aliphatic imine (C=N–C) groups is 1. The van der Waals surface area contributed by atoms with Crippen molar-refractivity contribution in [2.24, 2.45) is 10.7 Å². The molecule has 1 aromatic heterocycles. The molecule has 1 aliphatic heterocycles. The van der Waals surface area contributed by atoms with Gasteiger partial charge in [-0.15, -0.1) is 0 Å². The number of methoxy groups -OCH3 is 1. The van der Waals surface area contributed by atoms with E-state index >= 15 is 4.39 Å². The average molecular weight is 492 g/mol. The van der Waals surface area contributed by atoms with Crippen LogP contribution in [0, 0.1) is 12.7 Å². The third-order valence-electron chi connectivity index (χ3n) is 5.18. The Balaban J connectivity index is 2.04. The number of hydrogen-bond acceptors (Lipinski definition) is 6. The first-order valence-corrected chi connectivity index (χ1v) is 9.95. The lowest BCUT2D eigenvalue weighted by molar-refractivity contribution is -0.209. The highest BCUT2D eigenvalue weighted by molar-refractivity contribution is 6.30. The van der Waals surface area contributed by atoms with Gasteiger partial charge in [-0.1, -0.05) is 17.7 Å². The van der Waals surface area contributed by atoms with Crippen LogP contribution >= 0.6 is 11.6 Å². The lowest BCUT2D eigenvalue weighted by atomic mass is 9.82. The zero-order chi connectivity index (χ0) is 24.6. The quantitative estimate of drug-likeness (QED) is 0.476. The number of ketones is 1.